The molecule has 1 amide bonds. The first-order chi connectivity index (χ1) is 11.0. The first-order valence-corrected chi connectivity index (χ1v) is 8.58. The van der Waals surface area contributed by atoms with Crippen molar-refractivity contribution in [1.82, 2.24) is 10.2 Å². The number of hydrogen-bond donors (Lipinski definition) is 1. The molecule has 0 fully saturated rings. The van der Waals surface area contributed by atoms with Gasteiger partial charge in [0, 0.05) is 17.6 Å². The van der Waals surface area contributed by atoms with Crippen LogP contribution < -0.4 is 5.32 Å². The van der Waals surface area contributed by atoms with E-state index < -0.39 is 0 Å². The molecule has 2 aromatic carbocycles. The van der Waals surface area contributed by atoms with Gasteiger partial charge in [0.1, 0.15) is 0 Å². The summed E-state index contributed by atoms with van der Waals surface area (Å²) in [6.45, 7) is 3.95. The standard InChI is InChI=1S/C19H23BrN2O/c1-15-5-3-4-6-17(15)11-12-21-19(23)14-22(2)13-16-7-9-18(20)10-8-16/h3-10H,11-14H2,1-2H3,(H,21,23). The van der Waals surface area contributed by atoms with Crippen LogP contribution in [0.3, 0.4) is 0 Å². The van der Waals surface area contributed by atoms with Crippen molar-refractivity contribution in [3.63, 3.8) is 0 Å². The fraction of sp³-hybridized carbons (Fsp3) is 0.316. The number of carbonyl (C=O) groups excluding carboxylic acids is 1. The van der Waals surface area contributed by atoms with E-state index in [1.165, 1.54) is 16.7 Å². The third kappa shape index (κ3) is 6.16. The summed E-state index contributed by atoms with van der Waals surface area (Å²) in [6.07, 6.45) is 0.870. The van der Waals surface area contributed by atoms with Crippen LogP contribution in [0.25, 0.3) is 0 Å². The van der Waals surface area contributed by atoms with Crippen LogP contribution in [0.1, 0.15) is 16.7 Å². The van der Waals surface area contributed by atoms with Crippen molar-refractivity contribution in [2.45, 2.75) is 19.9 Å². The van der Waals surface area contributed by atoms with Gasteiger partial charge in [-0.05, 0) is 49.2 Å². The van der Waals surface area contributed by atoms with E-state index in [2.05, 4.69) is 52.4 Å². The van der Waals surface area contributed by atoms with E-state index in [1.54, 1.807) is 0 Å². The number of hydrogen-bond acceptors (Lipinski definition) is 2. The average Bonchev–Trinajstić information content (AvgIpc) is 2.51. The predicted octanol–water partition coefficient (Wildman–Crippen LogP) is 3.55. The summed E-state index contributed by atoms with van der Waals surface area (Å²) in [6, 6.07) is 16.5. The number of halogens is 1. The maximum absolute atomic E-state index is 12.0. The number of nitrogens with zero attached hydrogens (tertiary/aromatic N) is 1. The van der Waals surface area contributed by atoms with Crippen molar-refractivity contribution in [1.29, 1.82) is 0 Å². The number of amides is 1. The van der Waals surface area contributed by atoms with Gasteiger partial charge >= 0.3 is 0 Å². The number of likely N-dealkylation sites (N-methyl/N-ethyl adjacent to an activating group) is 1. The fourth-order valence-corrected chi connectivity index (χ4v) is 2.75. The van der Waals surface area contributed by atoms with Gasteiger partial charge in [-0.1, -0.05) is 52.3 Å². The van der Waals surface area contributed by atoms with E-state index in [9.17, 15) is 4.79 Å². The molecule has 0 aromatic heterocycles. The number of aryl methyl sites for hydroxylation is 1. The zero-order chi connectivity index (χ0) is 16.7. The number of rotatable bonds is 7. The molecule has 0 unspecified atom stereocenters. The molecular formula is C19H23BrN2O. The predicted molar refractivity (Wildman–Crippen MR) is 98.4 cm³/mol. The van der Waals surface area contributed by atoms with Crippen LogP contribution in [0.15, 0.2) is 53.0 Å². The minimum absolute atomic E-state index is 0.0678. The van der Waals surface area contributed by atoms with Crippen LogP contribution in [0.2, 0.25) is 0 Å². The lowest BCUT2D eigenvalue weighted by atomic mass is 10.1. The lowest BCUT2D eigenvalue weighted by Gasteiger charge is -2.16. The highest BCUT2D eigenvalue weighted by Gasteiger charge is 2.07. The molecule has 0 aliphatic rings. The van der Waals surface area contributed by atoms with Crippen LogP contribution in [0, 0.1) is 6.92 Å². The summed E-state index contributed by atoms with van der Waals surface area (Å²) in [5, 5.41) is 3.00. The lowest BCUT2D eigenvalue weighted by Crippen LogP contribution is -2.35. The summed E-state index contributed by atoms with van der Waals surface area (Å²) < 4.78 is 1.07. The van der Waals surface area contributed by atoms with Crippen molar-refractivity contribution in [3.8, 4) is 0 Å². The largest absolute Gasteiger partial charge is 0.355 e. The Labute approximate surface area is 146 Å². The zero-order valence-corrected chi connectivity index (χ0v) is 15.3. The van der Waals surface area contributed by atoms with Crippen molar-refractivity contribution in [2.75, 3.05) is 20.1 Å². The Morgan fingerprint density at radius 2 is 1.83 bits per heavy atom. The molecule has 0 atom stereocenters. The zero-order valence-electron chi connectivity index (χ0n) is 13.7. The second kappa shape index (κ2) is 8.85. The summed E-state index contributed by atoms with van der Waals surface area (Å²) in [4.78, 5) is 14.0. The van der Waals surface area contributed by atoms with Crippen LogP contribution in [0.4, 0.5) is 0 Å². The van der Waals surface area contributed by atoms with Gasteiger partial charge in [-0.25, -0.2) is 0 Å². The van der Waals surface area contributed by atoms with Crippen molar-refractivity contribution >= 4 is 21.8 Å². The Bertz CT molecular complexity index is 640. The number of carbonyl (C=O) groups is 1. The molecule has 0 aliphatic carbocycles. The maximum atomic E-state index is 12.0. The number of nitrogens with one attached hydrogen (secondary N) is 1. The lowest BCUT2D eigenvalue weighted by molar-refractivity contribution is -0.122. The SMILES string of the molecule is Cc1ccccc1CCNC(=O)CN(C)Cc1ccc(Br)cc1. The molecule has 0 bridgehead atoms. The number of benzene rings is 2. The van der Waals surface area contributed by atoms with Gasteiger partial charge in [-0.15, -0.1) is 0 Å². The van der Waals surface area contributed by atoms with Crippen LogP contribution in [-0.4, -0.2) is 30.9 Å². The fourth-order valence-electron chi connectivity index (χ4n) is 2.49. The van der Waals surface area contributed by atoms with Gasteiger partial charge in [-0.3, -0.25) is 9.69 Å². The summed E-state index contributed by atoms with van der Waals surface area (Å²) >= 11 is 3.43. The van der Waals surface area contributed by atoms with Crippen molar-refractivity contribution in [3.05, 3.63) is 69.7 Å². The van der Waals surface area contributed by atoms with Gasteiger partial charge in [0.15, 0.2) is 0 Å². The quantitative estimate of drug-likeness (QED) is 0.803. The highest BCUT2D eigenvalue weighted by atomic mass is 79.9. The average molecular weight is 375 g/mol. The Hall–Kier alpha value is -1.65. The molecular weight excluding hydrogens is 352 g/mol. The van der Waals surface area contributed by atoms with E-state index in [-0.39, 0.29) is 5.91 Å². The summed E-state index contributed by atoms with van der Waals surface area (Å²) in [5.74, 6) is 0.0678. The molecule has 4 heteroatoms. The van der Waals surface area contributed by atoms with Gasteiger partial charge < -0.3 is 5.32 Å². The van der Waals surface area contributed by atoms with Gasteiger partial charge in [0.05, 0.1) is 6.54 Å². The molecule has 0 saturated heterocycles. The molecule has 0 aliphatic heterocycles. The van der Waals surface area contributed by atoms with Crippen molar-refractivity contribution < 1.29 is 4.79 Å². The first-order valence-electron chi connectivity index (χ1n) is 7.79. The minimum atomic E-state index is 0.0678. The molecule has 3 nitrogen and oxygen atoms in total. The van der Waals surface area contributed by atoms with Crippen LogP contribution in [0.5, 0.6) is 0 Å². The summed E-state index contributed by atoms with van der Waals surface area (Å²) in [5.41, 5.74) is 3.76. The second-order valence-electron chi connectivity index (χ2n) is 5.83. The molecule has 1 N–H and O–H groups in total. The molecule has 0 spiro atoms. The van der Waals surface area contributed by atoms with E-state index in [0.717, 1.165) is 17.4 Å². The van der Waals surface area contributed by atoms with E-state index >= 15 is 0 Å². The molecule has 0 radical (unpaired) electrons. The highest BCUT2D eigenvalue weighted by molar-refractivity contribution is 9.10. The molecule has 2 aromatic rings. The van der Waals surface area contributed by atoms with E-state index in [0.29, 0.717) is 13.1 Å². The first kappa shape index (κ1) is 17.7. The molecule has 0 heterocycles. The monoisotopic (exact) mass is 374 g/mol. The van der Waals surface area contributed by atoms with Crippen LogP contribution >= 0.6 is 15.9 Å². The van der Waals surface area contributed by atoms with Gasteiger partial charge in [0.2, 0.25) is 5.91 Å². The van der Waals surface area contributed by atoms with E-state index in [1.807, 2.05) is 36.2 Å². The van der Waals surface area contributed by atoms with Crippen molar-refractivity contribution in [2.24, 2.45) is 0 Å². The van der Waals surface area contributed by atoms with Gasteiger partial charge in [-0.2, -0.15) is 0 Å². The normalized spacial score (nSPS) is 10.8. The Balaban J connectivity index is 1.71. The molecule has 0 saturated carbocycles. The highest BCUT2D eigenvalue weighted by Crippen LogP contribution is 2.11. The topological polar surface area (TPSA) is 32.3 Å². The van der Waals surface area contributed by atoms with Gasteiger partial charge in [0.25, 0.3) is 0 Å². The summed E-state index contributed by atoms with van der Waals surface area (Å²) in [7, 11) is 1.96. The Morgan fingerprint density at radius 3 is 2.52 bits per heavy atom. The Kier molecular flexibility index (Phi) is 6.81. The Morgan fingerprint density at radius 1 is 1.13 bits per heavy atom. The maximum Gasteiger partial charge on any atom is 0.234 e. The molecule has 2 rings (SSSR count). The molecule has 23 heavy (non-hydrogen) atoms. The third-order valence-corrected chi connectivity index (χ3v) is 4.29. The minimum Gasteiger partial charge on any atom is -0.355 e. The van der Waals surface area contributed by atoms with Crippen LogP contribution in [-0.2, 0) is 17.8 Å². The van der Waals surface area contributed by atoms with E-state index in [4.69, 9.17) is 0 Å². The molecule has 122 valence electrons. The smallest absolute Gasteiger partial charge is 0.234 e. The third-order valence-electron chi connectivity index (χ3n) is 3.76. The second-order valence-corrected chi connectivity index (χ2v) is 6.74.